The van der Waals surface area contributed by atoms with Crippen molar-refractivity contribution in [3.63, 3.8) is 0 Å². The zero-order chi connectivity index (χ0) is 22.0. The van der Waals surface area contributed by atoms with Crippen LogP contribution >= 0.6 is 0 Å². The number of likely N-dealkylation sites (N-methyl/N-ethyl adjacent to an activating group) is 1. The fraction of sp³-hybridized carbons (Fsp3) is 0.417. The van der Waals surface area contributed by atoms with E-state index in [0.717, 1.165) is 59.3 Å². The molecule has 3 aromatic rings. The van der Waals surface area contributed by atoms with E-state index < -0.39 is 0 Å². The number of hydrogen-bond donors (Lipinski definition) is 2. The van der Waals surface area contributed by atoms with E-state index in [-0.39, 0.29) is 11.7 Å². The summed E-state index contributed by atoms with van der Waals surface area (Å²) in [7, 11) is 4.03. The molecule has 2 aromatic carbocycles. The molecule has 7 nitrogen and oxygen atoms in total. The van der Waals surface area contributed by atoms with Gasteiger partial charge < -0.3 is 19.6 Å². The molecular formula is C24H30N4O3. The summed E-state index contributed by atoms with van der Waals surface area (Å²) in [5, 5.41) is 18.8. The predicted molar refractivity (Wildman–Crippen MR) is 120 cm³/mol. The molecule has 0 atom stereocenters. The Kier molecular flexibility index (Phi) is 6.13. The highest BCUT2D eigenvalue weighted by atomic mass is 16.5. The normalized spacial score (nSPS) is 13.2. The van der Waals surface area contributed by atoms with Crippen LogP contribution in [0.4, 0.5) is 0 Å². The van der Waals surface area contributed by atoms with Crippen molar-refractivity contribution in [2.75, 3.05) is 27.2 Å². The first kappa shape index (κ1) is 21.2. The number of unbranched alkanes of at least 4 members (excludes halogenated alkanes) is 1. The molecule has 0 aliphatic carbocycles. The van der Waals surface area contributed by atoms with Gasteiger partial charge in [0.1, 0.15) is 18.1 Å². The summed E-state index contributed by atoms with van der Waals surface area (Å²) in [6.07, 6.45) is 2.95. The Hall–Kier alpha value is -3.06. The number of benzene rings is 2. The molecule has 7 heteroatoms. The minimum atomic E-state index is -0.173. The van der Waals surface area contributed by atoms with Gasteiger partial charge in [0.15, 0.2) is 0 Å². The van der Waals surface area contributed by atoms with Crippen molar-refractivity contribution in [3.8, 4) is 11.5 Å². The molecule has 0 fully saturated rings. The number of phenols is 1. The fourth-order valence-corrected chi connectivity index (χ4v) is 3.93. The number of nitrogens with one attached hydrogen (secondary N) is 1. The number of phenolic OH excluding ortho intramolecular Hbond substituents is 1. The number of aryl methyl sites for hydroxylation is 1. The van der Waals surface area contributed by atoms with Crippen molar-refractivity contribution in [1.29, 1.82) is 0 Å². The lowest BCUT2D eigenvalue weighted by molar-refractivity contribution is 0.0748. The summed E-state index contributed by atoms with van der Waals surface area (Å²) in [6.45, 7) is 4.63. The van der Waals surface area contributed by atoms with Crippen molar-refractivity contribution in [2.24, 2.45) is 0 Å². The van der Waals surface area contributed by atoms with Gasteiger partial charge in [-0.15, -0.1) is 0 Å². The minimum absolute atomic E-state index is 0.0214. The monoisotopic (exact) mass is 422 g/mol. The van der Waals surface area contributed by atoms with Gasteiger partial charge in [0, 0.05) is 31.1 Å². The highest BCUT2D eigenvalue weighted by molar-refractivity contribution is 6.01. The largest absolute Gasteiger partial charge is 0.507 e. The number of aromatic amines is 1. The van der Waals surface area contributed by atoms with Crippen molar-refractivity contribution in [3.05, 3.63) is 52.7 Å². The third-order valence-electron chi connectivity index (χ3n) is 5.75. The summed E-state index contributed by atoms with van der Waals surface area (Å²) >= 11 is 0. The summed E-state index contributed by atoms with van der Waals surface area (Å²) in [6, 6.07) is 9.37. The fourth-order valence-electron chi connectivity index (χ4n) is 3.93. The standard InChI is InChI=1S/C24H30N4O3/c1-4-5-6-21-19-12-20(23(29)13-22(19)26-25-21)24(30)28-14-16-7-8-18(11-17(16)15-28)31-10-9-27(2)3/h7-8,11-13,29H,4-6,9-10,14-15H2,1-3H3,(H,25,26). The molecule has 2 heterocycles. The van der Waals surface area contributed by atoms with Crippen LogP contribution in [0.1, 0.15) is 46.9 Å². The highest BCUT2D eigenvalue weighted by Gasteiger charge is 2.27. The van der Waals surface area contributed by atoms with Crippen LogP contribution in [-0.2, 0) is 19.5 Å². The molecule has 164 valence electrons. The van der Waals surface area contributed by atoms with Gasteiger partial charge in [-0.2, -0.15) is 5.10 Å². The first-order chi connectivity index (χ1) is 15.0. The van der Waals surface area contributed by atoms with Crippen LogP contribution < -0.4 is 4.74 Å². The predicted octanol–water partition coefficient (Wildman–Crippen LogP) is 3.71. The zero-order valence-corrected chi connectivity index (χ0v) is 18.4. The number of hydrogen-bond acceptors (Lipinski definition) is 5. The van der Waals surface area contributed by atoms with Gasteiger partial charge in [0.05, 0.1) is 16.8 Å². The Morgan fingerprint density at radius 1 is 1.23 bits per heavy atom. The molecule has 1 aliphatic rings. The Morgan fingerprint density at radius 2 is 2.03 bits per heavy atom. The van der Waals surface area contributed by atoms with Crippen LogP contribution in [0.3, 0.4) is 0 Å². The van der Waals surface area contributed by atoms with Gasteiger partial charge in [-0.05, 0) is 56.3 Å². The van der Waals surface area contributed by atoms with Crippen LogP contribution in [-0.4, -0.2) is 58.3 Å². The number of nitrogens with zero attached hydrogens (tertiary/aromatic N) is 3. The summed E-state index contributed by atoms with van der Waals surface area (Å²) in [5.41, 5.74) is 4.21. The van der Waals surface area contributed by atoms with Crippen LogP contribution in [0.5, 0.6) is 11.5 Å². The number of H-pyrrole nitrogens is 1. The van der Waals surface area contributed by atoms with Gasteiger partial charge in [-0.3, -0.25) is 9.89 Å². The lowest BCUT2D eigenvalue weighted by Crippen LogP contribution is -2.25. The number of carbonyl (C=O) groups is 1. The van der Waals surface area contributed by atoms with Gasteiger partial charge in [-0.1, -0.05) is 19.4 Å². The highest BCUT2D eigenvalue weighted by Crippen LogP contribution is 2.32. The molecule has 1 aliphatic heterocycles. The van der Waals surface area contributed by atoms with E-state index in [0.29, 0.717) is 25.3 Å². The average molecular weight is 423 g/mol. The smallest absolute Gasteiger partial charge is 0.258 e. The van der Waals surface area contributed by atoms with Crippen LogP contribution in [0.2, 0.25) is 0 Å². The van der Waals surface area contributed by atoms with Crippen molar-refractivity contribution in [2.45, 2.75) is 39.3 Å². The average Bonchev–Trinajstić information content (AvgIpc) is 3.34. The quantitative estimate of drug-likeness (QED) is 0.578. The second-order valence-corrected chi connectivity index (χ2v) is 8.43. The van der Waals surface area contributed by atoms with E-state index in [2.05, 4.69) is 22.0 Å². The third-order valence-corrected chi connectivity index (χ3v) is 5.75. The lowest BCUT2D eigenvalue weighted by Gasteiger charge is -2.16. The van der Waals surface area contributed by atoms with E-state index >= 15 is 0 Å². The molecule has 1 aromatic heterocycles. The summed E-state index contributed by atoms with van der Waals surface area (Å²) in [5.74, 6) is 0.623. The molecule has 0 spiro atoms. The van der Waals surface area contributed by atoms with Crippen LogP contribution in [0.25, 0.3) is 10.9 Å². The maximum atomic E-state index is 13.3. The molecule has 2 N–H and O–H groups in total. The number of fused-ring (bicyclic) bond motifs is 2. The topological polar surface area (TPSA) is 81.7 Å². The maximum Gasteiger partial charge on any atom is 0.258 e. The van der Waals surface area contributed by atoms with Gasteiger partial charge in [0.2, 0.25) is 0 Å². The molecular weight excluding hydrogens is 392 g/mol. The lowest BCUT2D eigenvalue weighted by atomic mass is 10.1. The van der Waals surface area contributed by atoms with Crippen molar-refractivity contribution >= 4 is 16.8 Å². The second-order valence-electron chi connectivity index (χ2n) is 8.43. The SMILES string of the molecule is CCCCc1n[nH]c2cc(O)c(C(=O)N3Cc4ccc(OCCN(C)C)cc4C3)cc12. The third kappa shape index (κ3) is 4.51. The number of aromatic nitrogens is 2. The van der Waals surface area contributed by atoms with Crippen molar-refractivity contribution in [1.82, 2.24) is 20.0 Å². The first-order valence-electron chi connectivity index (χ1n) is 10.8. The van der Waals surface area contributed by atoms with Gasteiger partial charge in [0.25, 0.3) is 5.91 Å². The number of ether oxygens (including phenoxy) is 1. The van der Waals surface area contributed by atoms with E-state index in [1.807, 2.05) is 32.3 Å². The zero-order valence-electron chi connectivity index (χ0n) is 18.4. The minimum Gasteiger partial charge on any atom is -0.507 e. The summed E-state index contributed by atoms with van der Waals surface area (Å²) < 4.78 is 5.83. The Labute approximate surface area is 182 Å². The molecule has 0 radical (unpaired) electrons. The number of aromatic hydroxyl groups is 1. The number of rotatable bonds is 8. The van der Waals surface area contributed by atoms with E-state index in [1.165, 1.54) is 0 Å². The molecule has 0 unspecified atom stereocenters. The maximum absolute atomic E-state index is 13.3. The van der Waals surface area contributed by atoms with Crippen LogP contribution in [0.15, 0.2) is 30.3 Å². The molecule has 4 rings (SSSR count). The first-order valence-corrected chi connectivity index (χ1v) is 10.8. The number of carbonyl (C=O) groups excluding carboxylic acids is 1. The molecule has 0 saturated carbocycles. The Morgan fingerprint density at radius 3 is 2.81 bits per heavy atom. The Balaban J connectivity index is 1.51. The van der Waals surface area contributed by atoms with Gasteiger partial charge >= 0.3 is 0 Å². The number of amides is 1. The molecule has 1 amide bonds. The second kappa shape index (κ2) is 8.98. The van der Waals surface area contributed by atoms with E-state index in [9.17, 15) is 9.90 Å². The summed E-state index contributed by atoms with van der Waals surface area (Å²) in [4.78, 5) is 17.1. The van der Waals surface area contributed by atoms with Crippen molar-refractivity contribution < 1.29 is 14.6 Å². The van der Waals surface area contributed by atoms with E-state index in [1.54, 1.807) is 17.0 Å². The Bertz CT molecular complexity index is 1090. The molecule has 0 saturated heterocycles. The molecule has 0 bridgehead atoms. The van der Waals surface area contributed by atoms with Gasteiger partial charge in [-0.25, -0.2) is 0 Å². The molecule has 31 heavy (non-hydrogen) atoms. The van der Waals surface area contributed by atoms with Crippen LogP contribution in [0, 0.1) is 0 Å². The van der Waals surface area contributed by atoms with E-state index in [4.69, 9.17) is 4.74 Å².